The molecular weight excluding hydrogens is 388 g/mol. The number of likely N-dealkylation sites (tertiary alicyclic amines) is 1. The zero-order valence-electron chi connectivity index (χ0n) is 16.8. The number of anilines is 1. The molecule has 4 heterocycles. The second-order valence-corrected chi connectivity index (χ2v) is 7.93. The lowest BCUT2D eigenvalue weighted by Gasteiger charge is -2.30. The molecule has 2 aromatic rings. The molecular formula is C21H26N4O5. The van der Waals surface area contributed by atoms with Gasteiger partial charge in [-0.05, 0) is 37.8 Å². The molecule has 2 amide bonds. The van der Waals surface area contributed by atoms with Crippen LogP contribution in [-0.4, -0.2) is 60.6 Å². The van der Waals surface area contributed by atoms with Gasteiger partial charge in [-0.15, -0.1) is 0 Å². The van der Waals surface area contributed by atoms with Crippen LogP contribution in [0.5, 0.6) is 11.5 Å². The maximum absolute atomic E-state index is 12.7. The first kappa shape index (κ1) is 19.2. The summed E-state index contributed by atoms with van der Waals surface area (Å²) in [5, 5.41) is 7.16. The molecule has 3 aliphatic heterocycles. The Morgan fingerprint density at radius 3 is 2.53 bits per heavy atom. The lowest BCUT2D eigenvalue weighted by atomic mass is 9.96. The molecule has 2 fully saturated rings. The Hall–Kier alpha value is -2.81. The van der Waals surface area contributed by atoms with Crippen LogP contribution in [0.25, 0.3) is 0 Å². The van der Waals surface area contributed by atoms with Crippen molar-refractivity contribution < 1.29 is 23.5 Å². The van der Waals surface area contributed by atoms with Crippen molar-refractivity contribution in [1.82, 2.24) is 15.0 Å². The van der Waals surface area contributed by atoms with Crippen LogP contribution >= 0.6 is 0 Å². The van der Waals surface area contributed by atoms with Gasteiger partial charge >= 0.3 is 6.03 Å². The van der Waals surface area contributed by atoms with Crippen LogP contribution in [-0.2, 0) is 4.74 Å². The maximum atomic E-state index is 12.7. The summed E-state index contributed by atoms with van der Waals surface area (Å²) in [4.78, 5) is 19.1. The van der Waals surface area contributed by atoms with Crippen LogP contribution in [0, 0.1) is 0 Å². The fraction of sp³-hybridized carbons (Fsp3) is 0.571. The number of carbonyl (C=O) groups excluding carboxylic acids is 1. The fourth-order valence-electron chi connectivity index (χ4n) is 4.19. The number of rotatable bonds is 3. The monoisotopic (exact) mass is 414 g/mol. The first-order valence-electron chi connectivity index (χ1n) is 10.6. The molecule has 5 rings (SSSR count). The minimum absolute atomic E-state index is 0.112. The second kappa shape index (κ2) is 8.51. The molecule has 0 unspecified atom stereocenters. The number of benzene rings is 1. The quantitative estimate of drug-likeness (QED) is 0.824. The van der Waals surface area contributed by atoms with Crippen LogP contribution in [0.2, 0.25) is 0 Å². The highest BCUT2D eigenvalue weighted by Gasteiger charge is 2.29. The molecule has 160 valence electrons. The summed E-state index contributed by atoms with van der Waals surface area (Å²) in [5.74, 6) is 3.39. The van der Waals surface area contributed by atoms with E-state index >= 15 is 0 Å². The molecule has 0 aliphatic carbocycles. The van der Waals surface area contributed by atoms with Gasteiger partial charge < -0.3 is 29.0 Å². The van der Waals surface area contributed by atoms with E-state index in [1.807, 2.05) is 17.0 Å². The average molecular weight is 414 g/mol. The van der Waals surface area contributed by atoms with E-state index in [0.29, 0.717) is 55.3 Å². The van der Waals surface area contributed by atoms with Gasteiger partial charge in [0.1, 0.15) is 13.2 Å². The molecule has 1 aromatic heterocycles. The lowest BCUT2D eigenvalue weighted by molar-refractivity contribution is 0.0830. The van der Waals surface area contributed by atoms with E-state index in [1.165, 1.54) is 0 Å². The Balaban J connectivity index is 1.15. The highest BCUT2D eigenvalue weighted by molar-refractivity contribution is 5.89. The Morgan fingerprint density at radius 1 is 0.967 bits per heavy atom. The summed E-state index contributed by atoms with van der Waals surface area (Å²) in [5.41, 5.74) is 0.698. The van der Waals surface area contributed by atoms with Crippen molar-refractivity contribution in [3.63, 3.8) is 0 Å². The van der Waals surface area contributed by atoms with Crippen molar-refractivity contribution in [3.05, 3.63) is 29.9 Å². The number of fused-ring (bicyclic) bond motifs is 1. The van der Waals surface area contributed by atoms with E-state index in [9.17, 15) is 4.79 Å². The Bertz CT molecular complexity index is 887. The standard InChI is InChI=1S/C21H26N4O5/c26-21(22-16-1-2-17-18(13-16)29-12-11-28-17)25-7-3-15(4-8-25)20-23-19(24-30-20)14-5-9-27-10-6-14/h1-2,13-15H,3-12H2,(H,22,26). The third-order valence-electron chi connectivity index (χ3n) is 5.97. The minimum Gasteiger partial charge on any atom is -0.486 e. The molecule has 0 bridgehead atoms. The van der Waals surface area contributed by atoms with Crippen molar-refractivity contribution in [2.75, 3.05) is 44.8 Å². The average Bonchev–Trinajstić information content (AvgIpc) is 3.30. The van der Waals surface area contributed by atoms with E-state index in [1.54, 1.807) is 6.07 Å². The van der Waals surface area contributed by atoms with Crippen LogP contribution in [0.15, 0.2) is 22.7 Å². The summed E-state index contributed by atoms with van der Waals surface area (Å²) < 4.78 is 22.1. The number of ether oxygens (including phenoxy) is 3. The van der Waals surface area contributed by atoms with E-state index < -0.39 is 0 Å². The van der Waals surface area contributed by atoms with Gasteiger partial charge in [-0.25, -0.2) is 4.79 Å². The Kier molecular flexibility index (Phi) is 5.44. The molecule has 0 spiro atoms. The summed E-state index contributed by atoms with van der Waals surface area (Å²) >= 11 is 0. The van der Waals surface area contributed by atoms with Gasteiger partial charge in [-0.1, -0.05) is 5.16 Å². The highest BCUT2D eigenvalue weighted by atomic mass is 16.6. The second-order valence-electron chi connectivity index (χ2n) is 7.93. The molecule has 0 radical (unpaired) electrons. The summed E-state index contributed by atoms with van der Waals surface area (Å²) in [7, 11) is 0. The van der Waals surface area contributed by atoms with Crippen LogP contribution in [0.3, 0.4) is 0 Å². The van der Waals surface area contributed by atoms with Crippen molar-refractivity contribution >= 4 is 11.7 Å². The summed E-state index contributed by atoms with van der Waals surface area (Å²) in [6.45, 7) is 3.87. The largest absolute Gasteiger partial charge is 0.486 e. The van der Waals surface area contributed by atoms with E-state index in [2.05, 4.69) is 15.5 Å². The molecule has 0 atom stereocenters. The molecule has 1 N–H and O–H groups in total. The van der Waals surface area contributed by atoms with E-state index in [-0.39, 0.29) is 11.9 Å². The fourth-order valence-corrected chi connectivity index (χ4v) is 4.19. The maximum Gasteiger partial charge on any atom is 0.321 e. The van der Waals surface area contributed by atoms with E-state index in [4.69, 9.17) is 18.7 Å². The Labute approximate surface area is 174 Å². The van der Waals surface area contributed by atoms with Gasteiger partial charge in [0, 0.05) is 49.9 Å². The topological polar surface area (TPSA) is 99.0 Å². The number of amides is 2. The van der Waals surface area contributed by atoms with Crippen molar-refractivity contribution in [2.45, 2.75) is 37.5 Å². The van der Waals surface area contributed by atoms with Gasteiger partial charge in [0.05, 0.1) is 0 Å². The third-order valence-corrected chi connectivity index (χ3v) is 5.97. The number of nitrogens with one attached hydrogen (secondary N) is 1. The first-order valence-corrected chi connectivity index (χ1v) is 10.6. The van der Waals surface area contributed by atoms with Crippen LogP contribution < -0.4 is 14.8 Å². The molecule has 2 saturated heterocycles. The number of aromatic nitrogens is 2. The zero-order valence-corrected chi connectivity index (χ0v) is 16.8. The van der Waals surface area contributed by atoms with Gasteiger partial charge in [0.25, 0.3) is 0 Å². The number of hydrogen-bond acceptors (Lipinski definition) is 7. The Morgan fingerprint density at radius 2 is 1.73 bits per heavy atom. The minimum atomic E-state index is -0.112. The predicted molar refractivity (Wildman–Crippen MR) is 107 cm³/mol. The summed E-state index contributed by atoms with van der Waals surface area (Å²) in [6, 6.07) is 5.34. The van der Waals surface area contributed by atoms with Crippen LogP contribution in [0.4, 0.5) is 10.5 Å². The number of carbonyl (C=O) groups is 1. The first-order chi connectivity index (χ1) is 14.8. The van der Waals surface area contributed by atoms with Crippen molar-refractivity contribution in [2.24, 2.45) is 0 Å². The number of hydrogen-bond donors (Lipinski definition) is 1. The molecule has 3 aliphatic rings. The molecule has 1 aromatic carbocycles. The zero-order chi connectivity index (χ0) is 20.3. The van der Waals surface area contributed by atoms with Gasteiger partial charge in [-0.3, -0.25) is 0 Å². The SMILES string of the molecule is O=C(Nc1ccc2c(c1)OCCO2)N1CCC(c2nc(C3CCOCC3)no2)CC1. The van der Waals surface area contributed by atoms with E-state index in [0.717, 1.165) is 44.7 Å². The predicted octanol–water partition coefficient (Wildman–Crippen LogP) is 3.15. The van der Waals surface area contributed by atoms with Gasteiger partial charge in [-0.2, -0.15) is 4.98 Å². The van der Waals surface area contributed by atoms with Gasteiger partial charge in [0.15, 0.2) is 17.3 Å². The molecule has 0 saturated carbocycles. The summed E-state index contributed by atoms with van der Waals surface area (Å²) in [6.07, 6.45) is 3.50. The molecule has 9 nitrogen and oxygen atoms in total. The lowest BCUT2D eigenvalue weighted by Crippen LogP contribution is -2.40. The highest BCUT2D eigenvalue weighted by Crippen LogP contribution is 2.33. The molecule has 9 heteroatoms. The van der Waals surface area contributed by atoms with Crippen molar-refractivity contribution in [1.29, 1.82) is 0 Å². The van der Waals surface area contributed by atoms with Crippen molar-refractivity contribution in [3.8, 4) is 11.5 Å². The number of urea groups is 1. The normalized spacial score (nSPS) is 20.2. The smallest absolute Gasteiger partial charge is 0.321 e. The number of piperidine rings is 1. The molecule has 30 heavy (non-hydrogen) atoms. The number of nitrogens with zero attached hydrogens (tertiary/aromatic N) is 3. The van der Waals surface area contributed by atoms with Gasteiger partial charge in [0.2, 0.25) is 5.89 Å². The van der Waals surface area contributed by atoms with Crippen LogP contribution in [0.1, 0.15) is 49.2 Å². The third kappa shape index (κ3) is 4.07.